The molecule has 194 valence electrons. The van der Waals surface area contributed by atoms with E-state index < -0.39 is 6.10 Å². The Balaban J connectivity index is 2.55. The average molecular weight is 477 g/mol. The number of benzene rings is 1. The molecular weight excluding hydrogens is 428 g/mol. The maximum absolute atomic E-state index is 12.4. The lowest BCUT2D eigenvalue weighted by Gasteiger charge is -2.21. The van der Waals surface area contributed by atoms with Crippen molar-refractivity contribution in [2.24, 2.45) is 0 Å². The first-order chi connectivity index (χ1) is 16.3. The Hall–Kier alpha value is -2.04. The summed E-state index contributed by atoms with van der Waals surface area (Å²) in [5.74, 6) is 0.200. The Bertz CT molecular complexity index is 675. The summed E-state index contributed by atoms with van der Waals surface area (Å²) in [5, 5.41) is 0. The van der Waals surface area contributed by atoms with Crippen molar-refractivity contribution >= 4 is 11.9 Å². The van der Waals surface area contributed by atoms with E-state index >= 15 is 0 Å². The molecule has 0 aliphatic rings. The van der Waals surface area contributed by atoms with Gasteiger partial charge in [-0.25, -0.2) is 0 Å². The standard InChI is InChI=1S/C29H48O5/c1-6-8-10-12-14-16-27(30)33-23-26(34-28(31)17-15-13-11-9-7-2)22-32-25-20-18-24(19-21-25)29(3,4)5/h18-21,26H,6-17,22-23H2,1-5H3. The van der Waals surface area contributed by atoms with Crippen molar-refractivity contribution in [2.75, 3.05) is 13.2 Å². The van der Waals surface area contributed by atoms with Crippen LogP contribution in [0.5, 0.6) is 5.75 Å². The van der Waals surface area contributed by atoms with E-state index in [-0.39, 0.29) is 30.6 Å². The van der Waals surface area contributed by atoms with Gasteiger partial charge in [-0.05, 0) is 36.0 Å². The fourth-order valence-corrected chi connectivity index (χ4v) is 3.61. The SMILES string of the molecule is CCCCCCCC(=O)OCC(COc1ccc(C(C)(C)C)cc1)OC(=O)CCCCCCC. The molecule has 1 aromatic rings. The zero-order valence-electron chi connectivity index (χ0n) is 22.3. The van der Waals surface area contributed by atoms with Gasteiger partial charge in [-0.3, -0.25) is 9.59 Å². The molecule has 0 spiro atoms. The van der Waals surface area contributed by atoms with E-state index in [1.54, 1.807) is 0 Å². The molecule has 0 aliphatic carbocycles. The van der Waals surface area contributed by atoms with Crippen LogP contribution >= 0.6 is 0 Å². The summed E-state index contributed by atoms with van der Waals surface area (Å²) in [6.45, 7) is 11.0. The number of rotatable bonds is 18. The Kier molecular flexibility index (Phi) is 15.4. The van der Waals surface area contributed by atoms with E-state index in [0.717, 1.165) is 38.5 Å². The molecule has 0 radical (unpaired) electrons. The van der Waals surface area contributed by atoms with Gasteiger partial charge in [0.1, 0.15) is 19.0 Å². The van der Waals surface area contributed by atoms with Crippen LogP contribution in [0.3, 0.4) is 0 Å². The number of hydrogen-bond donors (Lipinski definition) is 0. The molecule has 5 nitrogen and oxygen atoms in total. The molecule has 5 heteroatoms. The Morgan fingerprint density at radius 1 is 0.735 bits per heavy atom. The fourth-order valence-electron chi connectivity index (χ4n) is 3.61. The molecule has 34 heavy (non-hydrogen) atoms. The second kappa shape index (κ2) is 17.4. The smallest absolute Gasteiger partial charge is 0.306 e. The summed E-state index contributed by atoms with van der Waals surface area (Å²) in [7, 11) is 0. The number of ether oxygens (including phenoxy) is 3. The van der Waals surface area contributed by atoms with Crippen molar-refractivity contribution in [1.82, 2.24) is 0 Å². The topological polar surface area (TPSA) is 61.8 Å². The first-order valence-corrected chi connectivity index (χ1v) is 13.3. The number of carbonyl (C=O) groups is 2. The molecule has 1 unspecified atom stereocenters. The predicted octanol–water partition coefficient (Wildman–Crippen LogP) is 7.54. The lowest BCUT2D eigenvalue weighted by atomic mass is 9.87. The van der Waals surface area contributed by atoms with Crippen LogP contribution in [0.25, 0.3) is 0 Å². The van der Waals surface area contributed by atoms with E-state index in [0.29, 0.717) is 18.6 Å². The first-order valence-electron chi connectivity index (χ1n) is 13.3. The van der Waals surface area contributed by atoms with Gasteiger partial charge in [0.05, 0.1) is 0 Å². The lowest BCUT2D eigenvalue weighted by Crippen LogP contribution is -2.31. The van der Waals surface area contributed by atoms with Gasteiger partial charge < -0.3 is 14.2 Å². The molecule has 0 aliphatic heterocycles. The Labute approximate surface area is 207 Å². The van der Waals surface area contributed by atoms with Crippen LogP contribution < -0.4 is 4.74 Å². The molecule has 0 aromatic heterocycles. The van der Waals surface area contributed by atoms with Crippen molar-refractivity contribution in [1.29, 1.82) is 0 Å². The Morgan fingerprint density at radius 2 is 1.26 bits per heavy atom. The van der Waals surface area contributed by atoms with Crippen LogP contribution in [0, 0.1) is 0 Å². The molecule has 0 saturated heterocycles. The fraction of sp³-hybridized carbons (Fsp3) is 0.724. The molecule has 1 rings (SSSR count). The molecule has 1 aromatic carbocycles. The van der Waals surface area contributed by atoms with Crippen LogP contribution in [0.4, 0.5) is 0 Å². The minimum absolute atomic E-state index is 0.0233. The van der Waals surface area contributed by atoms with Gasteiger partial charge in [0.2, 0.25) is 0 Å². The van der Waals surface area contributed by atoms with E-state index in [2.05, 4.69) is 34.6 Å². The van der Waals surface area contributed by atoms with E-state index in [1.807, 2.05) is 24.3 Å². The third-order valence-electron chi connectivity index (χ3n) is 5.85. The van der Waals surface area contributed by atoms with Crippen molar-refractivity contribution < 1.29 is 23.8 Å². The normalized spacial score (nSPS) is 12.3. The van der Waals surface area contributed by atoms with Crippen LogP contribution in [-0.2, 0) is 24.5 Å². The third kappa shape index (κ3) is 14.3. The molecule has 0 heterocycles. The number of carbonyl (C=O) groups excluding carboxylic acids is 2. The summed E-state index contributed by atoms with van der Waals surface area (Å²) in [6, 6.07) is 7.95. The largest absolute Gasteiger partial charge is 0.490 e. The molecule has 0 bridgehead atoms. The molecule has 0 fully saturated rings. The minimum Gasteiger partial charge on any atom is -0.490 e. The number of unbranched alkanes of at least 4 members (excludes halogenated alkanes) is 8. The van der Waals surface area contributed by atoms with Crippen molar-refractivity contribution in [3.63, 3.8) is 0 Å². The molecule has 0 amide bonds. The van der Waals surface area contributed by atoms with Crippen LogP contribution in [0.15, 0.2) is 24.3 Å². The summed E-state index contributed by atoms with van der Waals surface area (Å²) in [5.41, 5.74) is 1.29. The third-order valence-corrected chi connectivity index (χ3v) is 5.85. The number of esters is 2. The minimum atomic E-state index is -0.616. The average Bonchev–Trinajstić information content (AvgIpc) is 2.80. The maximum atomic E-state index is 12.4. The van der Waals surface area contributed by atoms with Gasteiger partial charge in [0.15, 0.2) is 6.10 Å². The second-order valence-corrected chi connectivity index (χ2v) is 10.2. The van der Waals surface area contributed by atoms with E-state index in [4.69, 9.17) is 14.2 Å². The van der Waals surface area contributed by atoms with Crippen LogP contribution in [-0.4, -0.2) is 31.3 Å². The highest BCUT2D eigenvalue weighted by Gasteiger charge is 2.19. The quantitative estimate of drug-likeness (QED) is 0.162. The monoisotopic (exact) mass is 476 g/mol. The second-order valence-electron chi connectivity index (χ2n) is 10.2. The molecule has 0 N–H and O–H groups in total. The van der Waals surface area contributed by atoms with Gasteiger partial charge in [-0.1, -0.05) is 98.1 Å². The zero-order chi connectivity index (χ0) is 25.2. The lowest BCUT2D eigenvalue weighted by molar-refractivity contribution is -0.161. The van der Waals surface area contributed by atoms with Gasteiger partial charge in [-0.2, -0.15) is 0 Å². The summed E-state index contributed by atoms with van der Waals surface area (Å²) in [6.07, 6.45) is 10.9. The number of hydrogen-bond acceptors (Lipinski definition) is 5. The highest BCUT2D eigenvalue weighted by molar-refractivity contribution is 5.70. The van der Waals surface area contributed by atoms with Gasteiger partial charge in [-0.15, -0.1) is 0 Å². The van der Waals surface area contributed by atoms with Gasteiger partial charge in [0, 0.05) is 12.8 Å². The predicted molar refractivity (Wildman–Crippen MR) is 138 cm³/mol. The summed E-state index contributed by atoms with van der Waals surface area (Å²) >= 11 is 0. The maximum Gasteiger partial charge on any atom is 0.306 e. The summed E-state index contributed by atoms with van der Waals surface area (Å²) < 4.78 is 16.9. The zero-order valence-corrected chi connectivity index (χ0v) is 22.3. The van der Waals surface area contributed by atoms with Crippen molar-refractivity contribution in [3.05, 3.63) is 29.8 Å². The highest BCUT2D eigenvalue weighted by Crippen LogP contribution is 2.24. The van der Waals surface area contributed by atoms with Crippen molar-refractivity contribution in [3.8, 4) is 5.75 Å². The molecule has 1 atom stereocenters. The van der Waals surface area contributed by atoms with E-state index in [1.165, 1.54) is 31.2 Å². The molecule has 0 saturated carbocycles. The molecular formula is C29H48O5. The van der Waals surface area contributed by atoms with Crippen LogP contribution in [0.1, 0.15) is 117 Å². The van der Waals surface area contributed by atoms with Crippen molar-refractivity contribution in [2.45, 2.75) is 123 Å². The first kappa shape index (κ1) is 30.0. The van der Waals surface area contributed by atoms with Gasteiger partial charge in [0.25, 0.3) is 0 Å². The van der Waals surface area contributed by atoms with Gasteiger partial charge >= 0.3 is 11.9 Å². The van der Waals surface area contributed by atoms with Crippen LogP contribution in [0.2, 0.25) is 0 Å². The van der Waals surface area contributed by atoms with E-state index in [9.17, 15) is 9.59 Å². The summed E-state index contributed by atoms with van der Waals surface area (Å²) in [4.78, 5) is 24.5. The highest BCUT2D eigenvalue weighted by atomic mass is 16.6. The Morgan fingerprint density at radius 3 is 1.79 bits per heavy atom.